The van der Waals surface area contributed by atoms with Crippen molar-refractivity contribution in [3.05, 3.63) is 65.9 Å². The van der Waals surface area contributed by atoms with E-state index in [0.29, 0.717) is 11.3 Å². The molecule has 3 aromatic rings. The molecule has 0 spiro atoms. The average molecular weight is 391 g/mol. The highest BCUT2D eigenvalue weighted by atomic mass is 16.5. The molecular weight excluding hydrogens is 370 g/mol. The van der Waals surface area contributed by atoms with Crippen molar-refractivity contribution in [2.45, 2.75) is 25.5 Å². The summed E-state index contributed by atoms with van der Waals surface area (Å²) in [6.07, 6.45) is 1.27. The molecule has 1 aromatic heterocycles. The highest BCUT2D eigenvalue weighted by molar-refractivity contribution is 5.88. The van der Waals surface area contributed by atoms with Crippen LogP contribution in [0, 0.1) is 11.3 Å². The van der Waals surface area contributed by atoms with Gasteiger partial charge in [0.15, 0.2) is 6.10 Å². The summed E-state index contributed by atoms with van der Waals surface area (Å²) in [5.41, 5.74) is 2.35. The number of para-hydroxylation sites is 1. The lowest BCUT2D eigenvalue weighted by atomic mass is 10.0. The Morgan fingerprint density at radius 1 is 1.17 bits per heavy atom. The number of aromatic nitrogens is 1. The zero-order valence-corrected chi connectivity index (χ0v) is 16.1. The lowest BCUT2D eigenvalue weighted by Gasteiger charge is -2.20. The van der Waals surface area contributed by atoms with Crippen molar-refractivity contribution < 1.29 is 19.1 Å². The van der Waals surface area contributed by atoms with Crippen molar-refractivity contribution in [2.24, 2.45) is 0 Å². The van der Waals surface area contributed by atoms with Gasteiger partial charge in [0, 0.05) is 23.5 Å². The number of nitrogens with zero attached hydrogens (tertiary/aromatic N) is 1. The number of amides is 1. The Balaban J connectivity index is 1.69. The van der Waals surface area contributed by atoms with Gasteiger partial charge < -0.3 is 19.8 Å². The third-order valence-electron chi connectivity index (χ3n) is 4.57. The highest BCUT2D eigenvalue weighted by Gasteiger charge is 2.26. The van der Waals surface area contributed by atoms with Crippen LogP contribution in [0.25, 0.3) is 10.9 Å². The van der Waals surface area contributed by atoms with Crippen LogP contribution in [0.3, 0.4) is 0 Å². The SMILES string of the molecule is COC(=O)C(Cc1c[nH]c2ccccc12)NC(=O)C(C)Oc1ccc(C#N)cc1. The van der Waals surface area contributed by atoms with Gasteiger partial charge in [-0.25, -0.2) is 4.79 Å². The molecule has 0 saturated heterocycles. The maximum atomic E-state index is 12.6. The minimum Gasteiger partial charge on any atom is -0.481 e. The molecule has 0 aliphatic heterocycles. The minimum atomic E-state index is -0.848. The summed E-state index contributed by atoms with van der Waals surface area (Å²) in [6.45, 7) is 1.59. The Kier molecular flexibility index (Phi) is 6.15. The summed E-state index contributed by atoms with van der Waals surface area (Å²) < 4.78 is 10.5. The molecule has 0 bridgehead atoms. The van der Waals surface area contributed by atoms with E-state index in [0.717, 1.165) is 16.5 Å². The van der Waals surface area contributed by atoms with E-state index in [2.05, 4.69) is 10.3 Å². The van der Waals surface area contributed by atoms with Gasteiger partial charge in [0.2, 0.25) is 0 Å². The molecule has 1 amide bonds. The molecule has 7 heteroatoms. The van der Waals surface area contributed by atoms with Crippen LogP contribution < -0.4 is 10.1 Å². The van der Waals surface area contributed by atoms with Crippen LogP contribution in [0.15, 0.2) is 54.7 Å². The molecule has 0 aliphatic carbocycles. The van der Waals surface area contributed by atoms with Crippen molar-refractivity contribution >= 4 is 22.8 Å². The van der Waals surface area contributed by atoms with Gasteiger partial charge in [-0.3, -0.25) is 4.79 Å². The van der Waals surface area contributed by atoms with Gasteiger partial charge in [0.25, 0.3) is 5.91 Å². The van der Waals surface area contributed by atoms with Crippen molar-refractivity contribution in [1.82, 2.24) is 10.3 Å². The Labute approximate surface area is 168 Å². The van der Waals surface area contributed by atoms with Crippen molar-refractivity contribution in [3.63, 3.8) is 0 Å². The number of carbonyl (C=O) groups excluding carboxylic acids is 2. The van der Waals surface area contributed by atoms with E-state index >= 15 is 0 Å². The number of nitrogens with one attached hydrogen (secondary N) is 2. The van der Waals surface area contributed by atoms with Crippen LogP contribution in [-0.2, 0) is 20.7 Å². The summed E-state index contributed by atoms with van der Waals surface area (Å²) in [7, 11) is 1.29. The first-order chi connectivity index (χ1) is 14.0. The standard InChI is InChI=1S/C22H21N3O4/c1-14(29-17-9-7-15(12-23)8-10-17)21(26)25-20(22(27)28-2)11-16-13-24-19-6-4-3-5-18(16)19/h3-10,13-14,20,24H,11H2,1-2H3,(H,25,26). The number of H-pyrrole nitrogens is 1. The molecule has 7 nitrogen and oxygen atoms in total. The number of carbonyl (C=O) groups is 2. The van der Waals surface area contributed by atoms with Gasteiger partial charge in [-0.2, -0.15) is 5.26 Å². The summed E-state index contributed by atoms with van der Waals surface area (Å²) in [5.74, 6) is -0.517. The van der Waals surface area contributed by atoms with E-state index in [9.17, 15) is 9.59 Å². The van der Waals surface area contributed by atoms with E-state index in [-0.39, 0.29) is 6.42 Å². The van der Waals surface area contributed by atoms with Gasteiger partial charge in [-0.15, -0.1) is 0 Å². The van der Waals surface area contributed by atoms with E-state index in [4.69, 9.17) is 14.7 Å². The number of hydrogen-bond donors (Lipinski definition) is 2. The van der Waals surface area contributed by atoms with Crippen molar-refractivity contribution in [3.8, 4) is 11.8 Å². The molecule has 3 rings (SSSR count). The Bertz CT molecular complexity index is 1050. The summed E-state index contributed by atoms with van der Waals surface area (Å²) in [5, 5.41) is 12.5. The fraction of sp³-hybridized carbons (Fsp3) is 0.227. The smallest absolute Gasteiger partial charge is 0.328 e. The first-order valence-electron chi connectivity index (χ1n) is 9.12. The van der Waals surface area contributed by atoms with E-state index in [1.54, 1.807) is 31.2 Å². The predicted molar refractivity (Wildman–Crippen MR) is 107 cm³/mol. The van der Waals surface area contributed by atoms with Crippen molar-refractivity contribution in [2.75, 3.05) is 7.11 Å². The number of hydrogen-bond acceptors (Lipinski definition) is 5. The number of benzene rings is 2. The molecule has 0 fully saturated rings. The number of ether oxygens (including phenoxy) is 2. The number of rotatable bonds is 7. The fourth-order valence-electron chi connectivity index (χ4n) is 3.01. The highest BCUT2D eigenvalue weighted by Crippen LogP contribution is 2.20. The molecule has 0 aliphatic rings. The predicted octanol–water partition coefficient (Wildman–Crippen LogP) is 2.71. The van der Waals surface area contributed by atoms with E-state index < -0.39 is 24.0 Å². The molecule has 2 aromatic carbocycles. The summed E-state index contributed by atoms with van der Waals surface area (Å²) in [6, 6.07) is 15.3. The molecule has 2 N–H and O–H groups in total. The molecule has 1 heterocycles. The van der Waals surface area contributed by atoms with Crippen molar-refractivity contribution in [1.29, 1.82) is 5.26 Å². The summed E-state index contributed by atoms with van der Waals surface area (Å²) >= 11 is 0. The van der Waals surface area contributed by atoms with Crippen LogP contribution in [0.2, 0.25) is 0 Å². The number of aromatic amines is 1. The second-order valence-corrected chi connectivity index (χ2v) is 6.54. The van der Waals surface area contributed by atoms with Gasteiger partial charge in [-0.05, 0) is 42.8 Å². The van der Waals surface area contributed by atoms with Gasteiger partial charge in [0.1, 0.15) is 11.8 Å². The molecular formula is C22H21N3O4. The number of esters is 1. The third kappa shape index (κ3) is 4.74. The third-order valence-corrected chi connectivity index (χ3v) is 4.57. The second kappa shape index (κ2) is 8.93. The first-order valence-corrected chi connectivity index (χ1v) is 9.12. The van der Waals surface area contributed by atoms with Crippen LogP contribution >= 0.6 is 0 Å². The minimum absolute atomic E-state index is 0.284. The topological polar surface area (TPSA) is 104 Å². The van der Waals surface area contributed by atoms with Gasteiger partial charge in [-0.1, -0.05) is 18.2 Å². The van der Waals surface area contributed by atoms with Gasteiger partial charge >= 0.3 is 5.97 Å². The largest absolute Gasteiger partial charge is 0.481 e. The lowest BCUT2D eigenvalue weighted by molar-refractivity contribution is -0.145. The maximum Gasteiger partial charge on any atom is 0.328 e. The fourth-order valence-corrected chi connectivity index (χ4v) is 3.01. The Morgan fingerprint density at radius 3 is 2.59 bits per heavy atom. The lowest BCUT2D eigenvalue weighted by Crippen LogP contribution is -2.47. The number of nitriles is 1. The Morgan fingerprint density at radius 2 is 1.90 bits per heavy atom. The van der Waals surface area contributed by atoms with Crippen LogP contribution in [0.4, 0.5) is 0 Å². The molecule has 2 atom stereocenters. The first kappa shape index (κ1) is 20.0. The Hall–Kier alpha value is -3.79. The van der Waals surface area contributed by atoms with E-state index in [1.807, 2.05) is 36.5 Å². The maximum absolute atomic E-state index is 12.6. The molecule has 0 radical (unpaired) electrons. The van der Waals surface area contributed by atoms with Crippen LogP contribution in [-0.4, -0.2) is 36.1 Å². The quantitative estimate of drug-likeness (QED) is 0.603. The molecule has 0 saturated carbocycles. The molecule has 29 heavy (non-hydrogen) atoms. The number of fused-ring (bicyclic) bond motifs is 1. The zero-order chi connectivity index (χ0) is 20.8. The van der Waals surface area contributed by atoms with E-state index in [1.165, 1.54) is 7.11 Å². The molecule has 2 unspecified atom stereocenters. The summed E-state index contributed by atoms with van der Waals surface area (Å²) in [4.78, 5) is 28.0. The average Bonchev–Trinajstić information content (AvgIpc) is 3.16. The van der Waals surface area contributed by atoms with Crippen LogP contribution in [0.1, 0.15) is 18.1 Å². The number of methoxy groups -OCH3 is 1. The van der Waals surface area contributed by atoms with Crippen LogP contribution in [0.5, 0.6) is 5.75 Å². The monoisotopic (exact) mass is 391 g/mol. The zero-order valence-electron chi connectivity index (χ0n) is 16.1. The van der Waals surface area contributed by atoms with Gasteiger partial charge in [0.05, 0.1) is 18.7 Å². The molecule has 148 valence electrons. The second-order valence-electron chi connectivity index (χ2n) is 6.54. The normalized spacial score (nSPS) is 12.6.